The van der Waals surface area contributed by atoms with Gasteiger partial charge in [0.25, 0.3) is 0 Å². The molecule has 0 aliphatic carbocycles. The summed E-state index contributed by atoms with van der Waals surface area (Å²) in [6.07, 6.45) is 0. The van der Waals surface area contributed by atoms with Crippen LogP contribution in [0.4, 0.5) is 4.39 Å². The summed E-state index contributed by atoms with van der Waals surface area (Å²) in [6, 6.07) is 54.6. The summed E-state index contributed by atoms with van der Waals surface area (Å²) < 4.78 is 20.7. The Morgan fingerprint density at radius 1 is 0.412 bits per heavy atom. The molecule has 0 atom stereocenters. The van der Waals surface area contributed by atoms with E-state index in [1.807, 2.05) is 96.3 Å². The second kappa shape index (κ2) is 11.8. The Labute approximate surface area is 296 Å². The molecule has 0 saturated carbocycles. The first-order valence-electron chi connectivity index (χ1n) is 16.8. The van der Waals surface area contributed by atoms with Gasteiger partial charge in [-0.25, -0.2) is 19.3 Å². The van der Waals surface area contributed by atoms with E-state index in [1.165, 1.54) is 26.2 Å². The van der Waals surface area contributed by atoms with E-state index < -0.39 is 0 Å². The van der Waals surface area contributed by atoms with Crippen molar-refractivity contribution >= 4 is 53.3 Å². The number of rotatable bonds is 5. The van der Waals surface area contributed by atoms with Crippen LogP contribution in [0.25, 0.3) is 93.0 Å². The minimum atomic E-state index is -0.298. The number of para-hydroxylation sites is 1. The number of hydrogen-bond donors (Lipinski definition) is 0. The minimum absolute atomic E-state index is 0.298. The van der Waals surface area contributed by atoms with Crippen LogP contribution in [0.5, 0.6) is 0 Å². The first-order chi connectivity index (χ1) is 25.2. The van der Waals surface area contributed by atoms with Crippen molar-refractivity contribution in [3.05, 3.63) is 170 Å². The zero-order valence-corrected chi connectivity index (χ0v) is 28.0. The van der Waals surface area contributed by atoms with E-state index in [2.05, 4.69) is 71.3 Å². The number of fused-ring (bicyclic) bond motifs is 6. The molecule has 0 aliphatic heterocycles. The van der Waals surface area contributed by atoms with Crippen molar-refractivity contribution in [2.24, 2.45) is 0 Å². The molecule has 0 unspecified atom stereocenters. The van der Waals surface area contributed by atoms with Gasteiger partial charge in [-0.2, -0.15) is 0 Å². The van der Waals surface area contributed by atoms with Crippen molar-refractivity contribution in [3.63, 3.8) is 0 Å². The molecule has 0 bridgehead atoms. The van der Waals surface area contributed by atoms with Crippen LogP contribution in [0, 0.1) is 5.82 Å². The number of nitrogens with zero attached hydrogens (tertiary/aromatic N) is 4. The van der Waals surface area contributed by atoms with Crippen LogP contribution in [-0.2, 0) is 0 Å². The first kappa shape index (κ1) is 29.4. The van der Waals surface area contributed by atoms with Gasteiger partial charge in [0.15, 0.2) is 17.5 Å². The predicted molar refractivity (Wildman–Crippen MR) is 209 cm³/mol. The predicted octanol–water partition coefficient (Wildman–Crippen LogP) is 12.1. The highest BCUT2D eigenvalue weighted by atomic mass is 32.1. The van der Waals surface area contributed by atoms with Gasteiger partial charge in [-0.15, -0.1) is 11.3 Å². The quantitative estimate of drug-likeness (QED) is 0.182. The molecule has 6 heteroatoms. The highest BCUT2D eigenvalue weighted by Gasteiger charge is 2.21. The fraction of sp³-hybridized carbons (Fsp3) is 0. The lowest BCUT2D eigenvalue weighted by Crippen LogP contribution is -2.02. The van der Waals surface area contributed by atoms with Crippen LogP contribution in [0.15, 0.2) is 164 Å². The Kier molecular flexibility index (Phi) is 6.82. The van der Waals surface area contributed by atoms with Gasteiger partial charge < -0.3 is 4.57 Å². The number of benzene rings is 7. The lowest BCUT2D eigenvalue weighted by Gasteiger charge is -2.16. The lowest BCUT2D eigenvalue weighted by atomic mass is 9.99. The van der Waals surface area contributed by atoms with Crippen molar-refractivity contribution in [1.29, 1.82) is 0 Å². The third-order valence-corrected chi connectivity index (χ3v) is 10.7. The maximum absolute atomic E-state index is 15.9. The van der Waals surface area contributed by atoms with Crippen molar-refractivity contribution < 1.29 is 4.39 Å². The SMILES string of the molecule is Fc1ccccc1-c1cc(-c2nc(-c3ccccc3)nc(-c3ccccc3)n2)ccc1-n1c2ccccc2c2cc3sc4ccccc4c3cc21. The molecule has 0 radical (unpaired) electrons. The van der Waals surface area contributed by atoms with E-state index in [9.17, 15) is 0 Å². The molecule has 3 aromatic heterocycles. The summed E-state index contributed by atoms with van der Waals surface area (Å²) in [4.78, 5) is 14.8. The van der Waals surface area contributed by atoms with Crippen molar-refractivity contribution in [2.75, 3.05) is 0 Å². The summed E-state index contributed by atoms with van der Waals surface area (Å²) in [5.74, 6) is 1.37. The summed E-state index contributed by atoms with van der Waals surface area (Å²) in [6.45, 7) is 0. The van der Waals surface area contributed by atoms with Gasteiger partial charge in [0.05, 0.1) is 16.7 Å². The van der Waals surface area contributed by atoms with Gasteiger partial charge in [0, 0.05) is 58.8 Å². The fourth-order valence-corrected chi connectivity index (χ4v) is 8.28. The zero-order chi connectivity index (χ0) is 33.9. The summed E-state index contributed by atoms with van der Waals surface area (Å²) >= 11 is 1.81. The Morgan fingerprint density at radius 2 is 1.02 bits per heavy atom. The zero-order valence-electron chi connectivity index (χ0n) is 27.2. The molecule has 51 heavy (non-hydrogen) atoms. The molecular formula is C45H27FN4S. The smallest absolute Gasteiger partial charge is 0.164 e. The molecule has 4 nitrogen and oxygen atoms in total. The molecule has 10 rings (SSSR count). The standard InChI is InChI=1S/C45H27FN4S/c46-37-20-10-7-17-31(37)34-25-30(45-48-43(28-13-3-1-4-14-28)47-44(49-45)29-15-5-2-6-16-29)23-24-39(34)50-38-21-11-8-18-32(38)35-27-42-36(26-40(35)50)33-19-9-12-22-41(33)51-42/h1-27H. The lowest BCUT2D eigenvalue weighted by molar-refractivity contribution is 0.631. The molecule has 0 spiro atoms. The molecule has 0 N–H and O–H groups in total. The van der Waals surface area contributed by atoms with E-state index in [0.29, 0.717) is 23.0 Å². The fourth-order valence-electron chi connectivity index (χ4n) is 7.15. The normalized spacial score (nSPS) is 11.6. The van der Waals surface area contributed by atoms with Crippen molar-refractivity contribution in [3.8, 4) is 51.0 Å². The number of hydrogen-bond acceptors (Lipinski definition) is 4. The molecule has 240 valence electrons. The van der Waals surface area contributed by atoms with Gasteiger partial charge in [-0.05, 0) is 48.5 Å². The van der Waals surface area contributed by atoms with Gasteiger partial charge in [-0.3, -0.25) is 0 Å². The van der Waals surface area contributed by atoms with Crippen LogP contribution < -0.4 is 0 Å². The van der Waals surface area contributed by atoms with Crippen molar-refractivity contribution in [1.82, 2.24) is 19.5 Å². The highest BCUT2D eigenvalue weighted by molar-refractivity contribution is 7.25. The van der Waals surface area contributed by atoms with Gasteiger partial charge in [0.2, 0.25) is 0 Å². The average molecular weight is 675 g/mol. The highest BCUT2D eigenvalue weighted by Crippen LogP contribution is 2.43. The third-order valence-electron chi connectivity index (χ3n) is 9.53. The van der Waals surface area contributed by atoms with E-state index >= 15 is 4.39 Å². The largest absolute Gasteiger partial charge is 0.309 e. The van der Waals surface area contributed by atoms with Crippen LogP contribution >= 0.6 is 11.3 Å². The average Bonchev–Trinajstić information content (AvgIpc) is 3.72. The summed E-state index contributed by atoms with van der Waals surface area (Å²) in [7, 11) is 0. The first-order valence-corrected chi connectivity index (χ1v) is 17.6. The Hall–Kier alpha value is -6.50. The van der Waals surface area contributed by atoms with Crippen LogP contribution in [0.1, 0.15) is 0 Å². The van der Waals surface area contributed by atoms with Crippen molar-refractivity contribution in [2.45, 2.75) is 0 Å². The molecule has 0 fully saturated rings. The topological polar surface area (TPSA) is 43.6 Å². The number of halogens is 1. The van der Waals surface area contributed by atoms with E-state index in [-0.39, 0.29) is 5.82 Å². The Balaban J connectivity index is 1.26. The monoisotopic (exact) mass is 674 g/mol. The maximum atomic E-state index is 15.9. The van der Waals surface area contributed by atoms with E-state index in [4.69, 9.17) is 15.0 Å². The van der Waals surface area contributed by atoms with Gasteiger partial charge >= 0.3 is 0 Å². The molecular weight excluding hydrogens is 648 g/mol. The Morgan fingerprint density at radius 3 is 1.75 bits per heavy atom. The van der Waals surface area contributed by atoms with Crippen LogP contribution in [0.3, 0.4) is 0 Å². The van der Waals surface area contributed by atoms with E-state index in [0.717, 1.165) is 49.7 Å². The molecule has 3 heterocycles. The number of thiophene rings is 1. The van der Waals surface area contributed by atoms with Crippen LogP contribution in [-0.4, -0.2) is 19.5 Å². The van der Waals surface area contributed by atoms with Crippen LogP contribution in [0.2, 0.25) is 0 Å². The maximum Gasteiger partial charge on any atom is 0.164 e. The van der Waals surface area contributed by atoms with Gasteiger partial charge in [0.1, 0.15) is 5.82 Å². The minimum Gasteiger partial charge on any atom is -0.309 e. The molecule has 10 aromatic rings. The molecule has 0 saturated heterocycles. The molecule has 7 aromatic carbocycles. The molecule has 0 amide bonds. The Bertz CT molecular complexity index is 2870. The molecule has 0 aliphatic rings. The second-order valence-corrected chi connectivity index (χ2v) is 13.7. The van der Waals surface area contributed by atoms with E-state index in [1.54, 1.807) is 6.07 Å². The number of aromatic nitrogens is 4. The third kappa shape index (κ3) is 4.91. The summed E-state index contributed by atoms with van der Waals surface area (Å²) in [5, 5.41) is 4.75. The second-order valence-electron chi connectivity index (χ2n) is 12.6. The summed E-state index contributed by atoms with van der Waals surface area (Å²) in [5.41, 5.74) is 6.78. The van der Waals surface area contributed by atoms with Gasteiger partial charge in [-0.1, -0.05) is 115 Å².